The van der Waals surface area contributed by atoms with Crippen LogP contribution >= 0.6 is 0 Å². The maximum absolute atomic E-state index is 13.4. The molecule has 1 aliphatic heterocycles. The Hall–Kier alpha value is -2.73. The molecule has 5 nitrogen and oxygen atoms in total. The van der Waals surface area contributed by atoms with Crippen LogP contribution in [0.4, 0.5) is 10.2 Å². The predicted octanol–water partition coefficient (Wildman–Crippen LogP) is 3.28. The van der Waals surface area contributed by atoms with Crippen LogP contribution in [0.1, 0.15) is 0 Å². The molecule has 0 spiro atoms. The van der Waals surface area contributed by atoms with Gasteiger partial charge < -0.3 is 14.4 Å². The molecule has 25 heavy (non-hydrogen) atoms. The number of hydrogen-bond donors (Lipinski definition) is 0. The molecule has 3 aromatic rings. The molecule has 128 valence electrons. The summed E-state index contributed by atoms with van der Waals surface area (Å²) in [6, 6.07) is 10.4. The van der Waals surface area contributed by atoms with Crippen molar-refractivity contribution in [2.24, 2.45) is 0 Å². The lowest BCUT2D eigenvalue weighted by molar-refractivity contribution is 0.122. The van der Waals surface area contributed by atoms with E-state index < -0.39 is 0 Å². The number of methoxy groups -OCH3 is 1. The quantitative estimate of drug-likeness (QED) is 0.733. The molecule has 0 N–H and O–H groups in total. The smallest absolute Gasteiger partial charge is 0.148 e. The first kappa shape index (κ1) is 15.8. The van der Waals surface area contributed by atoms with E-state index in [2.05, 4.69) is 9.88 Å². The van der Waals surface area contributed by atoms with Crippen molar-refractivity contribution in [2.75, 3.05) is 38.3 Å². The molecular weight excluding hydrogens is 321 g/mol. The molecule has 6 heteroatoms. The number of anilines is 1. The summed E-state index contributed by atoms with van der Waals surface area (Å²) in [5.74, 6) is 1.02. The predicted molar refractivity (Wildman–Crippen MR) is 94.5 cm³/mol. The maximum Gasteiger partial charge on any atom is 0.148 e. The molecule has 1 saturated heterocycles. The van der Waals surface area contributed by atoms with Gasteiger partial charge in [0.05, 0.1) is 37.6 Å². The molecule has 0 atom stereocenters. The van der Waals surface area contributed by atoms with Crippen LogP contribution in [0.2, 0.25) is 0 Å². The summed E-state index contributed by atoms with van der Waals surface area (Å²) in [5.41, 5.74) is 3.36. The monoisotopic (exact) mass is 339 g/mol. The van der Waals surface area contributed by atoms with Crippen LogP contribution in [0.3, 0.4) is 0 Å². The van der Waals surface area contributed by atoms with Gasteiger partial charge in [-0.05, 0) is 29.8 Å². The van der Waals surface area contributed by atoms with Crippen molar-refractivity contribution < 1.29 is 13.9 Å². The van der Waals surface area contributed by atoms with E-state index >= 15 is 0 Å². The van der Waals surface area contributed by atoms with Crippen molar-refractivity contribution in [1.29, 1.82) is 0 Å². The van der Waals surface area contributed by atoms with Crippen LogP contribution in [0.25, 0.3) is 22.2 Å². The molecule has 1 fully saturated rings. The molecule has 1 aliphatic rings. The molecule has 0 bridgehead atoms. The molecule has 0 amide bonds. The fourth-order valence-corrected chi connectivity index (χ4v) is 3.02. The van der Waals surface area contributed by atoms with E-state index in [0.717, 1.165) is 41.1 Å². The van der Waals surface area contributed by atoms with Crippen molar-refractivity contribution in [2.45, 2.75) is 0 Å². The first-order chi connectivity index (χ1) is 12.2. The molecule has 4 rings (SSSR count). The van der Waals surface area contributed by atoms with Crippen molar-refractivity contribution in [1.82, 2.24) is 9.97 Å². The maximum atomic E-state index is 13.4. The Kier molecular flexibility index (Phi) is 4.19. The molecule has 0 aliphatic carbocycles. The van der Waals surface area contributed by atoms with Gasteiger partial charge in [-0.15, -0.1) is 0 Å². The minimum Gasteiger partial charge on any atom is -0.496 e. The Labute approximate surface area is 145 Å². The summed E-state index contributed by atoms with van der Waals surface area (Å²) in [5, 5.41) is 0. The highest BCUT2D eigenvalue weighted by Gasteiger charge is 2.14. The number of rotatable bonds is 3. The summed E-state index contributed by atoms with van der Waals surface area (Å²) in [6.07, 6.45) is 1.80. The molecular formula is C19H18FN3O2. The molecule has 1 aromatic heterocycles. The minimum absolute atomic E-state index is 0.323. The standard InChI is InChI=1S/C19H18FN3O2/c1-24-18-11-14(20)3-4-15(18)13-2-5-16-17(10-13)22-19(12-21-16)23-6-8-25-9-7-23/h2-5,10-12H,6-9H2,1H3. The fraction of sp³-hybridized carbons (Fsp3) is 0.263. The molecule has 0 radical (unpaired) electrons. The van der Waals surface area contributed by atoms with Crippen molar-refractivity contribution >= 4 is 16.9 Å². The third kappa shape index (κ3) is 3.13. The zero-order chi connectivity index (χ0) is 17.2. The highest BCUT2D eigenvalue weighted by atomic mass is 19.1. The van der Waals surface area contributed by atoms with E-state index in [-0.39, 0.29) is 5.82 Å². The summed E-state index contributed by atoms with van der Waals surface area (Å²) in [7, 11) is 1.54. The van der Waals surface area contributed by atoms with Gasteiger partial charge in [0.15, 0.2) is 0 Å². The van der Waals surface area contributed by atoms with E-state index in [0.29, 0.717) is 19.0 Å². The van der Waals surface area contributed by atoms with Gasteiger partial charge in [0.25, 0.3) is 0 Å². The van der Waals surface area contributed by atoms with Crippen molar-refractivity contribution in [3.63, 3.8) is 0 Å². The average molecular weight is 339 g/mol. The highest BCUT2D eigenvalue weighted by Crippen LogP contribution is 2.32. The highest BCUT2D eigenvalue weighted by molar-refractivity contribution is 5.83. The third-order valence-electron chi connectivity index (χ3n) is 4.34. The number of halogens is 1. The Morgan fingerprint density at radius 2 is 1.92 bits per heavy atom. The SMILES string of the molecule is COc1cc(F)ccc1-c1ccc2ncc(N3CCOCC3)nc2c1. The van der Waals surface area contributed by atoms with Crippen LogP contribution in [0.15, 0.2) is 42.6 Å². The lowest BCUT2D eigenvalue weighted by atomic mass is 10.0. The molecule has 0 unspecified atom stereocenters. The summed E-state index contributed by atoms with van der Waals surface area (Å²) < 4.78 is 24.1. The normalized spacial score (nSPS) is 14.7. The van der Waals surface area contributed by atoms with Gasteiger partial charge >= 0.3 is 0 Å². The van der Waals surface area contributed by atoms with Gasteiger partial charge in [-0.1, -0.05) is 6.07 Å². The van der Waals surface area contributed by atoms with Gasteiger partial charge in [-0.25, -0.2) is 9.37 Å². The number of morpholine rings is 1. The number of ether oxygens (including phenoxy) is 2. The Morgan fingerprint density at radius 1 is 1.08 bits per heavy atom. The summed E-state index contributed by atoms with van der Waals surface area (Å²) in [4.78, 5) is 11.4. The second-order valence-corrected chi connectivity index (χ2v) is 5.88. The zero-order valence-electron chi connectivity index (χ0n) is 13.9. The van der Waals surface area contributed by atoms with E-state index in [4.69, 9.17) is 14.5 Å². The van der Waals surface area contributed by atoms with Crippen LogP contribution in [-0.4, -0.2) is 43.4 Å². The van der Waals surface area contributed by atoms with E-state index in [1.165, 1.54) is 19.2 Å². The molecule has 2 aromatic carbocycles. The Bertz CT molecular complexity index is 910. The number of nitrogens with zero attached hydrogens (tertiary/aromatic N) is 3. The lowest BCUT2D eigenvalue weighted by Gasteiger charge is -2.27. The second-order valence-electron chi connectivity index (χ2n) is 5.88. The van der Waals surface area contributed by atoms with Gasteiger partial charge in [0, 0.05) is 24.7 Å². The Balaban J connectivity index is 1.76. The number of hydrogen-bond acceptors (Lipinski definition) is 5. The van der Waals surface area contributed by atoms with Crippen LogP contribution in [0, 0.1) is 5.82 Å². The van der Waals surface area contributed by atoms with Crippen LogP contribution in [-0.2, 0) is 4.74 Å². The van der Waals surface area contributed by atoms with E-state index in [1.54, 1.807) is 12.3 Å². The van der Waals surface area contributed by atoms with Crippen molar-refractivity contribution in [3.05, 3.63) is 48.4 Å². The first-order valence-electron chi connectivity index (χ1n) is 8.18. The van der Waals surface area contributed by atoms with Crippen LogP contribution < -0.4 is 9.64 Å². The van der Waals surface area contributed by atoms with Crippen molar-refractivity contribution in [3.8, 4) is 16.9 Å². The summed E-state index contributed by atoms with van der Waals surface area (Å²) in [6.45, 7) is 3.02. The van der Waals surface area contributed by atoms with E-state index in [9.17, 15) is 4.39 Å². The molecule has 0 saturated carbocycles. The lowest BCUT2D eigenvalue weighted by Crippen LogP contribution is -2.36. The topological polar surface area (TPSA) is 47.5 Å². The average Bonchev–Trinajstić information content (AvgIpc) is 2.67. The molecule has 2 heterocycles. The van der Waals surface area contributed by atoms with Crippen LogP contribution in [0.5, 0.6) is 5.75 Å². The largest absolute Gasteiger partial charge is 0.496 e. The van der Waals surface area contributed by atoms with Gasteiger partial charge in [0.1, 0.15) is 17.4 Å². The Morgan fingerprint density at radius 3 is 2.72 bits per heavy atom. The third-order valence-corrected chi connectivity index (χ3v) is 4.34. The van der Waals surface area contributed by atoms with Gasteiger partial charge in [-0.3, -0.25) is 4.98 Å². The van der Waals surface area contributed by atoms with E-state index in [1.807, 2.05) is 18.2 Å². The zero-order valence-corrected chi connectivity index (χ0v) is 13.9. The van der Waals surface area contributed by atoms with Gasteiger partial charge in [-0.2, -0.15) is 0 Å². The first-order valence-corrected chi connectivity index (χ1v) is 8.18. The minimum atomic E-state index is -0.323. The number of fused-ring (bicyclic) bond motifs is 1. The second kappa shape index (κ2) is 6.64. The fourth-order valence-electron chi connectivity index (χ4n) is 3.02. The number of benzene rings is 2. The number of aromatic nitrogens is 2. The van der Waals surface area contributed by atoms with Gasteiger partial charge in [0.2, 0.25) is 0 Å². The summed E-state index contributed by atoms with van der Waals surface area (Å²) >= 11 is 0.